The highest BCUT2D eigenvalue weighted by molar-refractivity contribution is 5.87. The van der Waals surface area contributed by atoms with Gasteiger partial charge in [-0.2, -0.15) is 0 Å². The monoisotopic (exact) mass is 460 g/mol. The lowest BCUT2D eigenvalue weighted by molar-refractivity contribution is -0.150. The van der Waals surface area contributed by atoms with Gasteiger partial charge in [0.1, 0.15) is 18.5 Å². The molecule has 0 aromatic heterocycles. The minimum absolute atomic E-state index is 0.00176. The summed E-state index contributed by atoms with van der Waals surface area (Å²) in [4.78, 5) is 32.6. The number of esters is 1. The van der Waals surface area contributed by atoms with Crippen molar-refractivity contribution in [1.82, 2.24) is 9.80 Å². The second-order valence-electron chi connectivity index (χ2n) is 8.93. The quantitative estimate of drug-likeness (QED) is 0.430. The van der Waals surface area contributed by atoms with Crippen molar-refractivity contribution in [3.8, 4) is 5.75 Å². The molecule has 0 radical (unpaired) electrons. The van der Waals surface area contributed by atoms with Gasteiger partial charge in [-0.05, 0) is 51.3 Å². The molecule has 3 rings (SSSR count). The fourth-order valence-corrected chi connectivity index (χ4v) is 4.35. The van der Waals surface area contributed by atoms with E-state index in [1.807, 2.05) is 6.92 Å². The standard InChI is InChI=1S/C24H36N4O5/c1-4-21(29)28(18-8-6-5-7-9-18)22(30)15-32-19-10-11-20-17(12-19)13-27(24(25)26-20)14-23(31)33-16(2)3/h10-12,16,18,21,29H,4-9,13-15H2,1-3H3,(H2,25,26). The lowest BCUT2D eigenvalue weighted by atomic mass is 9.93. The van der Waals surface area contributed by atoms with Gasteiger partial charge >= 0.3 is 5.97 Å². The van der Waals surface area contributed by atoms with Crippen molar-refractivity contribution >= 4 is 23.5 Å². The number of fused-ring (bicyclic) bond motifs is 1. The van der Waals surface area contributed by atoms with Crippen LogP contribution in [0.1, 0.15) is 64.9 Å². The highest BCUT2D eigenvalue weighted by Gasteiger charge is 2.30. The predicted octanol–water partition coefficient (Wildman–Crippen LogP) is 2.67. The van der Waals surface area contributed by atoms with Crippen molar-refractivity contribution in [1.29, 1.82) is 0 Å². The molecule has 1 unspecified atom stereocenters. The van der Waals surface area contributed by atoms with E-state index in [2.05, 4.69) is 4.99 Å². The summed E-state index contributed by atoms with van der Waals surface area (Å²) < 4.78 is 11.0. The molecule has 1 aliphatic carbocycles. The van der Waals surface area contributed by atoms with Gasteiger partial charge in [-0.1, -0.05) is 26.2 Å². The average Bonchev–Trinajstić information content (AvgIpc) is 2.78. The lowest BCUT2D eigenvalue weighted by Crippen LogP contribution is -2.49. The Balaban J connectivity index is 1.64. The first-order chi connectivity index (χ1) is 15.8. The highest BCUT2D eigenvalue weighted by Crippen LogP contribution is 2.30. The Bertz CT molecular complexity index is 866. The van der Waals surface area contributed by atoms with Crippen LogP contribution in [-0.2, 0) is 20.9 Å². The molecule has 1 aromatic rings. The van der Waals surface area contributed by atoms with Gasteiger partial charge in [0.05, 0.1) is 11.8 Å². The third-order valence-corrected chi connectivity index (χ3v) is 5.96. The number of carbonyl (C=O) groups excluding carboxylic acids is 2. The number of hydrogen-bond donors (Lipinski definition) is 2. The molecule has 33 heavy (non-hydrogen) atoms. The van der Waals surface area contributed by atoms with Crippen molar-refractivity contribution in [2.24, 2.45) is 10.7 Å². The molecular formula is C24H36N4O5. The smallest absolute Gasteiger partial charge is 0.325 e. The zero-order valence-corrected chi connectivity index (χ0v) is 19.8. The largest absolute Gasteiger partial charge is 0.484 e. The number of hydrogen-bond acceptors (Lipinski definition) is 8. The first kappa shape index (κ1) is 24.8. The van der Waals surface area contributed by atoms with Gasteiger partial charge in [0, 0.05) is 18.2 Å². The Morgan fingerprint density at radius 3 is 2.67 bits per heavy atom. The summed E-state index contributed by atoms with van der Waals surface area (Å²) in [6.45, 7) is 5.68. The SMILES string of the molecule is CCC(O)N(C(=O)COc1ccc2c(c1)CN(CC(=O)OC(C)C)C(N)=N2)C1CCCCC1. The zero-order valence-electron chi connectivity index (χ0n) is 19.8. The van der Waals surface area contributed by atoms with E-state index in [1.165, 1.54) is 6.42 Å². The van der Waals surface area contributed by atoms with Crippen LogP contribution >= 0.6 is 0 Å². The normalized spacial score (nSPS) is 17.2. The van der Waals surface area contributed by atoms with E-state index in [0.717, 1.165) is 31.2 Å². The molecule has 1 fully saturated rings. The van der Waals surface area contributed by atoms with Crippen molar-refractivity contribution in [3.05, 3.63) is 23.8 Å². The first-order valence-corrected chi connectivity index (χ1v) is 11.8. The van der Waals surface area contributed by atoms with Crippen LogP contribution in [0.2, 0.25) is 0 Å². The summed E-state index contributed by atoms with van der Waals surface area (Å²) in [6, 6.07) is 5.39. The second kappa shape index (κ2) is 11.4. The van der Waals surface area contributed by atoms with E-state index in [0.29, 0.717) is 24.4 Å². The molecule has 1 heterocycles. The van der Waals surface area contributed by atoms with E-state index in [9.17, 15) is 14.7 Å². The molecule has 0 bridgehead atoms. The van der Waals surface area contributed by atoms with E-state index in [4.69, 9.17) is 15.2 Å². The molecule has 1 amide bonds. The van der Waals surface area contributed by atoms with Crippen LogP contribution in [0, 0.1) is 0 Å². The van der Waals surface area contributed by atoms with E-state index < -0.39 is 6.23 Å². The molecule has 9 heteroatoms. The Morgan fingerprint density at radius 1 is 1.27 bits per heavy atom. The molecule has 9 nitrogen and oxygen atoms in total. The van der Waals surface area contributed by atoms with Gasteiger partial charge in [-0.3, -0.25) is 9.59 Å². The third-order valence-electron chi connectivity index (χ3n) is 5.96. The molecule has 2 aliphatic rings. The predicted molar refractivity (Wildman–Crippen MR) is 125 cm³/mol. The summed E-state index contributed by atoms with van der Waals surface area (Å²) in [6.07, 6.45) is 4.62. The molecule has 1 aliphatic heterocycles. The minimum atomic E-state index is -0.802. The van der Waals surface area contributed by atoms with Crippen molar-refractivity contribution in [2.75, 3.05) is 13.2 Å². The summed E-state index contributed by atoms with van der Waals surface area (Å²) in [5.41, 5.74) is 7.55. The number of benzene rings is 1. The minimum Gasteiger partial charge on any atom is -0.484 e. The molecular weight excluding hydrogens is 424 g/mol. The molecule has 182 valence electrons. The number of nitrogens with two attached hydrogens (primary N) is 1. The summed E-state index contributed by atoms with van der Waals surface area (Å²) in [7, 11) is 0. The van der Waals surface area contributed by atoms with Gasteiger partial charge < -0.3 is 30.1 Å². The number of guanidine groups is 1. The Labute approximate surface area is 195 Å². The van der Waals surface area contributed by atoms with Crippen LogP contribution < -0.4 is 10.5 Å². The third kappa shape index (κ3) is 6.60. The van der Waals surface area contributed by atoms with Crippen molar-refractivity contribution < 1.29 is 24.2 Å². The Morgan fingerprint density at radius 2 is 2.00 bits per heavy atom. The van der Waals surface area contributed by atoms with Crippen LogP contribution in [0.5, 0.6) is 5.75 Å². The number of aliphatic imine (C=N–C) groups is 1. The maximum atomic E-state index is 13.0. The van der Waals surface area contributed by atoms with Crippen molar-refractivity contribution in [2.45, 2.75) is 84.2 Å². The molecule has 1 saturated carbocycles. The average molecular weight is 461 g/mol. The fourth-order valence-electron chi connectivity index (χ4n) is 4.35. The number of ether oxygens (including phenoxy) is 2. The van der Waals surface area contributed by atoms with Gasteiger partial charge in [-0.25, -0.2) is 4.99 Å². The lowest BCUT2D eigenvalue weighted by Gasteiger charge is -2.37. The van der Waals surface area contributed by atoms with E-state index in [1.54, 1.807) is 41.8 Å². The van der Waals surface area contributed by atoms with Crippen LogP contribution in [-0.4, -0.2) is 64.3 Å². The summed E-state index contributed by atoms with van der Waals surface area (Å²) >= 11 is 0. The van der Waals surface area contributed by atoms with Crippen LogP contribution in [0.25, 0.3) is 0 Å². The summed E-state index contributed by atoms with van der Waals surface area (Å²) in [5.74, 6) is 0.192. The van der Waals surface area contributed by atoms with Crippen molar-refractivity contribution in [3.63, 3.8) is 0 Å². The van der Waals surface area contributed by atoms with E-state index >= 15 is 0 Å². The maximum Gasteiger partial charge on any atom is 0.325 e. The van der Waals surface area contributed by atoms with Crippen LogP contribution in [0.15, 0.2) is 23.2 Å². The van der Waals surface area contributed by atoms with Crippen LogP contribution in [0.4, 0.5) is 5.69 Å². The van der Waals surface area contributed by atoms with Gasteiger partial charge in [-0.15, -0.1) is 0 Å². The number of nitrogens with zero attached hydrogens (tertiary/aromatic N) is 3. The molecule has 1 atom stereocenters. The summed E-state index contributed by atoms with van der Waals surface area (Å²) in [5, 5.41) is 10.5. The second-order valence-corrected chi connectivity index (χ2v) is 8.93. The number of rotatable bonds is 9. The molecule has 0 saturated heterocycles. The Hall–Kier alpha value is -2.81. The van der Waals surface area contributed by atoms with Gasteiger partial charge in [0.25, 0.3) is 5.91 Å². The van der Waals surface area contributed by atoms with Crippen LogP contribution in [0.3, 0.4) is 0 Å². The fraction of sp³-hybridized carbons (Fsp3) is 0.625. The topological polar surface area (TPSA) is 118 Å². The van der Waals surface area contributed by atoms with Gasteiger partial charge in [0.15, 0.2) is 12.6 Å². The highest BCUT2D eigenvalue weighted by atomic mass is 16.5. The van der Waals surface area contributed by atoms with E-state index in [-0.39, 0.29) is 43.1 Å². The van der Waals surface area contributed by atoms with Gasteiger partial charge in [0.2, 0.25) is 0 Å². The zero-order chi connectivity index (χ0) is 24.0. The number of carbonyl (C=O) groups is 2. The molecule has 0 spiro atoms. The number of amides is 1. The Kier molecular flexibility index (Phi) is 8.55. The first-order valence-electron chi connectivity index (χ1n) is 11.8. The maximum absolute atomic E-state index is 13.0. The molecule has 3 N–H and O–H groups in total. The number of aliphatic hydroxyl groups excluding tert-OH is 1. The number of aliphatic hydroxyl groups is 1. The molecule has 1 aromatic carbocycles.